The monoisotopic (exact) mass is 273 g/mol. The van der Waals surface area contributed by atoms with Gasteiger partial charge in [0.1, 0.15) is 0 Å². The van der Waals surface area contributed by atoms with E-state index in [1.165, 1.54) is 6.07 Å². The molecule has 0 saturated heterocycles. The van der Waals surface area contributed by atoms with Gasteiger partial charge < -0.3 is 0 Å². The standard InChI is InChI=1S/C9H8BrNO2S/c1-2-7-11-14(12,13)9-6-4-3-5-8(9)10/h1,3-6,11H,7H2. The Morgan fingerprint density at radius 3 is 2.64 bits per heavy atom. The van der Waals surface area contributed by atoms with Gasteiger partial charge in [-0.1, -0.05) is 18.1 Å². The highest BCUT2D eigenvalue weighted by atomic mass is 79.9. The molecule has 1 aromatic rings. The summed E-state index contributed by atoms with van der Waals surface area (Å²) in [5.41, 5.74) is 0. The third-order valence-electron chi connectivity index (χ3n) is 1.49. The zero-order valence-corrected chi connectivity index (χ0v) is 9.60. The number of benzene rings is 1. The number of hydrogen-bond donors (Lipinski definition) is 1. The smallest absolute Gasteiger partial charge is 0.207 e. The predicted octanol–water partition coefficient (Wildman–Crippen LogP) is 1.36. The first kappa shape index (κ1) is 11.2. The first-order valence-corrected chi connectivity index (χ1v) is 6.03. The first-order valence-electron chi connectivity index (χ1n) is 3.75. The van der Waals surface area contributed by atoms with Gasteiger partial charge in [0.2, 0.25) is 10.0 Å². The summed E-state index contributed by atoms with van der Waals surface area (Å²) in [6.07, 6.45) is 4.96. The quantitative estimate of drug-likeness (QED) is 0.846. The van der Waals surface area contributed by atoms with Crippen molar-refractivity contribution in [1.82, 2.24) is 4.72 Å². The number of halogens is 1. The van der Waals surface area contributed by atoms with E-state index in [4.69, 9.17) is 6.42 Å². The molecule has 0 fully saturated rings. The lowest BCUT2D eigenvalue weighted by Crippen LogP contribution is -2.24. The molecule has 74 valence electrons. The second-order valence-electron chi connectivity index (χ2n) is 2.46. The summed E-state index contributed by atoms with van der Waals surface area (Å²) in [5.74, 6) is 2.21. The highest BCUT2D eigenvalue weighted by Gasteiger charge is 2.15. The van der Waals surface area contributed by atoms with E-state index in [9.17, 15) is 8.42 Å². The summed E-state index contributed by atoms with van der Waals surface area (Å²) < 4.78 is 25.9. The third kappa shape index (κ3) is 2.58. The van der Waals surface area contributed by atoms with Crippen LogP contribution in [0.3, 0.4) is 0 Å². The van der Waals surface area contributed by atoms with Crippen molar-refractivity contribution in [2.24, 2.45) is 0 Å². The second kappa shape index (κ2) is 4.60. The van der Waals surface area contributed by atoms with Crippen LogP contribution in [0.4, 0.5) is 0 Å². The van der Waals surface area contributed by atoms with Gasteiger partial charge in [0.15, 0.2) is 0 Å². The summed E-state index contributed by atoms with van der Waals surface area (Å²) in [5, 5.41) is 0. The van der Waals surface area contributed by atoms with Crippen LogP contribution in [0.25, 0.3) is 0 Å². The minimum absolute atomic E-state index is 0.0103. The molecule has 0 aliphatic rings. The van der Waals surface area contributed by atoms with Gasteiger partial charge >= 0.3 is 0 Å². The lowest BCUT2D eigenvalue weighted by molar-refractivity contribution is 0.585. The van der Waals surface area contributed by atoms with Crippen LogP contribution in [-0.4, -0.2) is 15.0 Å². The van der Waals surface area contributed by atoms with Crippen molar-refractivity contribution < 1.29 is 8.42 Å². The Kier molecular flexibility index (Phi) is 3.69. The number of nitrogens with one attached hydrogen (secondary N) is 1. The zero-order valence-electron chi connectivity index (χ0n) is 7.20. The van der Waals surface area contributed by atoms with Crippen LogP contribution in [0.15, 0.2) is 33.6 Å². The molecule has 0 aliphatic carbocycles. The van der Waals surface area contributed by atoms with Gasteiger partial charge in [0, 0.05) is 4.47 Å². The van der Waals surface area contributed by atoms with Crippen molar-refractivity contribution in [2.75, 3.05) is 6.54 Å². The molecule has 1 aromatic carbocycles. The molecule has 0 saturated carbocycles. The molecular formula is C9H8BrNO2S. The number of terminal acetylenes is 1. The maximum atomic E-state index is 11.6. The summed E-state index contributed by atoms with van der Waals surface area (Å²) in [7, 11) is -3.49. The van der Waals surface area contributed by atoms with Crippen LogP contribution in [0.2, 0.25) is 0 Å². The molecule has 3 nitrogen and oxygen atoms in total. The minimum atomic E-state index is -3.49. The molecule has 0 heterocycles. The third-order valence-corrected chi connectivity index (χ3v) is 3.90. The Labute approximate surface area is 91.7 Å². The van der Waals surface area contributed by atoms with E-state index >= 15 is 0 Å². The summed E-state index contributed by atoms with van der Waals surface area (Å²) in [4.78, 5) is 0.190. The van der Waals surface area contributed by atoms with E-state index in [1.54, 1.807) is 18.2 Å². The Morgan fingerprint density at radius 2 is 2.07 bits per heavy atom. The van der Waals surface area contributed by atoms with Crippen molar-refractivity contribution in [2.45, 2.75) is 4.90 Å². The molecule has 0 bridgehead atoms. The number of hydrogen-bond acceptors (Lipinski definition) is 2. The molecule has 0 aromatic heterocycles. The van der Waals surface area contributed by atoms with Gasteiger partial charge in [0.25, 0.3) is 0 Å². The van der Waals surface area contributed by atoms with Crippen molar-refractivity contribution in [3.05, 3.63) is 28.7 Å². The molecule has 5 heteroatoms. The lowest BCUT2D eigenvalue weighted by atomic mass is 10.4. The molecular weight excluding hydrogens is 266 g/mol. The zero-order chi connectivity index (χ0) is 10.6. The summed E-state index contributed by atoms with van der Waals surface area (Å²) >= 11 is 3.15. The minimum Gasteiger partial charge on any atom is -0.207 e. The highest BCUT2D eigenvalue weighted by Crippen LogP contribution is 2.20. The van der Waals surface area contributed by atoms with Crippen molar-refractivity contribution in [1.29, 1.82) is 0 Å². The molecule has 0 aliphatic heterocycles. The Morgan fingerprint density at radius 1 is 1.43 bits per heavy atom. The van der Waals surface area contributed by atoms with E-state index in [-0.39, 0.29) is 11.4 Å². The van der Waals surface area contributed by atoms with E-state index in [2.05, 4.69) is 26.6 Å². The van der Waals surface area contributed by atoms with Crippen LogP contribution in [0.5, 0.6) is 0 Å². The average molecular weight is 274 g/mol. The first-order chi connectivity index (χ1) is 6.58. The molecule has 0 spiro atoms. The fourth-order valence-corrected chi connectivity index (χ4v) is 2.81. The van der Waals surface area contributed by atoms with Crippen LogP contribution >= 0.6 is 15.9 Å². The SMILES string of the molecule is C#CCNS(=O)(=O)c1ccccc1Br. The second-order valence-corrected chi connectivity index (χ2v) is 5.05. The normalized spacial score (nSPS) is 10.9. The van der Waals surface area contributed by atoms with Crippen molar-refractivity contribution >= 4 is 26.0 Å². The van der Waals surface area contributed by atoms with Gasteiger partial charge in [-0.25, -0.2) is 8.42 Å². The fourth-order valence-electron chi connectivity index (χ4n) is 0.877. The summed E-state index contributed by atoms with van der Waals surface area (Å²) in [6.45, 7) is -0.0103. The van der Waals surface area contributed by atoms with Gasteiger partial charge in [-0.05, 0) is 28.1 Å². The van der Waals surface area contributed by atoms with Crippen molar-refractivity contribution in [3.63, 3.8) is 0 Å². The molecule has 14 heavy (non-hydrogen) atoms. The maximum absolute atomic E-state index is 11.6. The van der Waals surface area contributed by atoms with E-state index in [1.807, 2.05) is 0 Å². The fraction of sp³-hybridized carbons (Fsp3) is 0.111. The highest BCUT2D eigenvalue weighted by molar-refractivity contribution is 9.10. The van der Waals surface area contributed by atoms with Crippen LogP contribution in [-0.2, 0) is 10.0 Å². The van der Waals surface area contributed by atoms with E-state index < -0.39 is 10.0 Å². The molecule has 1 N–H and O–H groups in total. The van der Waals surface area contributed by atoms with Crippen LogP contribution in [0.1, 0.15) is 0 Å². The molecule has 0 unspecified atom stereocenters. The predicted molar refractivity (Wildman–Crippen MR) is 58.2 cm³/mol. The van der Waals surface area contributed by atoms with Gasteiger partial charge in [-0.15, -0.1) is 6.42 Å². The van der Waals surface area contributed by atoms with Crippen LogP contribution in [0, 0.1) is 12.3 Å². The Hall–Kier alpha value is -0.830. The molecule has 0 radical (unpaired) electrons. The number of sulfonamides is 1. The largest absolute Gasteiger partial charge is 0.242 e. The molecule has 0 amide bonds. The van der Waals surface area contributed by atoms with Gasteiger partial charge in [-0.3, -0.25) is 0 Å². The van der Waals surface area contributed by atoms with Crippen molar-refractivity contribution in [3.8, 4) is 12.3 Å². The Bertz CT molecular complexity index is 462. The summed E-state index contributed by atoms with van der Waals surface area (Å²) in [6, 6.07) is 6.55. The topological polar surface area (TPSA) is 46.2 Å². The van der Waals surface area contributed by atoms with E-state index in [0.29, 0.717) is 4.47 Å². The van der Waals surface area contributed by atoms with E-state index in [0.717, 1.165) is 0 Å². The molecule has 1 rings (SSSR count). The molecule has 0 atom stereocenters. The van der Waals surface area contributed by atoms with Crippen LogP contribution < -0.4 is 4.72 Å². The Balaban J connectivity index is 3.06. The van der Waals surface area contributed by atoms with Gasteiger partial charge in [0.05, 0.1) is 11.4 Å². The lowest BCUT2D eigenvalue weighted by Gasteiger charge is -2.05. The average Bonchev–Trinajstić information content (AvgIpc) is 2.15. The maximum Gasteiger partial charge on any atom is 0.242 e. The van der Waals surface area contributed by atoms with Gasteiger partial charge in [-0.2, -0.15) is 4.72 Å². The number of rotatable bonds is 3.